The highest BCUT2D eigenvalue weighted by Gasteiger charge is 2.21. The number of benzene rings is 1. The van der Waals surface area contributed by atoms with E-state index in [9.17, 15) is 9.90 Å². The second-order valence-electron chi connectivity index (χ2n) is 7.06. The SMILES string of the molecule is Cc1nn(-c2ccccc2)c(C)c1CC(=O)NCC1CCCC(O)C1. The van der Waals surface area contributed by atoms with Crippen LogP contribution in [0.1, 0.15) is 42.6 Å². The molecule has 1 fully saturated rings. The maximum Gasteiger partial charge on any atom is 0.224 e. The molecule has 134 valence electrons. The third-order valence-electron chi connectivity index (χ3n) is 5.12. The van der Waals surface area contributed by atoms with Crippen molar-refractivity contribution in [2.24, 2.45) is 5.92 Å². The number of nitrogens with one attached hydrogen (secondary N) is 1. The molecule has 1 aromatic carbocycles. The fourth-order valence-electron chi connectivity index (χ4n) is 3.68. The first-order valence-electron chi connectivity index (χ1n) is 9.10. The minimum atomic E-state index is -0.204. The first kappa shape index (κ1) is 17.7. The summed E-state index contributed by atoms with van der Waals surface area (Å²) in [6.07, 6.45) is 3.96. The molecule has 3 rings (SSSR count). The Morgan fingerprint density at radius 3 is 2.76 bits per heavy atom. The highest BCUT2D eigenvalue weighted by molar-refractivity contribution is 5.79. The molecule has 1 aliphatic carbocycles. The minimum Gasteiger partial charge on any atom is -0.393 e. The number of aromatic nitrogens is 2. The van der Waals surface area contributed by atoms with E-state index in [1.165, 1.54) is 0 Å². The number of amides is 1. The molecule has 5 nitrogen and oxygen atoms in total. The van der Waals surface area contributed by atoms with Crippen molar-refractivity contribution in [1.82, 2.24) is 15.1 Å². The molecule has 2 atom stereocenters. The van der Waals surface area contributed by atoms with Gasteiger partial charge < -0.3 is 10.4 Å². The Hall–Kier alpha value is -2.14. The predicted octanol–water partition coefficient (Wildman–Crippen LogP) is 2.70. The highest BCUT2D eigenvalue weighted by atomic mass is 16.3. The van der Waals surface area contributed by atoms with Crippen LogP contribution in [0.5, 0.6) is 0 Å². The van der Waals surface area contributed by atoms with Crippen molar-refractivity contribution in [3.63, 3.8) is 0 Å². The monoisotopic (exact) mass is 341 g/mol. The van der Waals surface area contributed by atoms with E-state index in [1.807, 2.05) is 48.9 Å². The largest absolute Gasteiger partial charge is 0.393 e. The van der Waals surface area contributed by atoms with Crippen molar-refractivity contribution < 1.29 is 9.90 Å². The zero-order valence-electron chi connectivity index (χ0n) is 15.0. The predicted molar refractivity (Wildman–Crippen MR) is 97.7 cm³/mol. The van der Waals surface area contributed by atoms with Crippen LogP contribution in [-0.4, -0.2) is 33.4 Å². The molecule has 1 aliphatic rings. The molecule has 1 heterocycles. The highest BCUT2D eigenvalue weighted by Crippen LogP contribution is 2.23. The van der Waals surface area contributed by atoms with Gasteiger partial charge in [-0.05, 0) is 51.2 Å². The van der Waals surface area contributed by atoms with E-state index in [0.717, 1.165) is 48.3 Å². The van der Waals surface area contributed by atoms with Crippen molar-refractivity contribution in [1.29, 1.82) is 0 Å². The number of aliphatic hydroxyl groups excluding tert-OH is 1. The van der Waals surface area contributed by atoms with Gasteiger partial charge in [0.05, 0.1) is 23.9 Å². The Kier molecular flexibility index (Phi) is 5.53. The zero-order chi connectivity index (χ0) is 17.8. The lowest BCUT2D eigenvalue weighted by Crippen LogP contribution is -2.33. The average molecular weight is 341 g/mol. The Morgan fingerprint density at radius 1 is 1.28 bits per heavy atom. The normalized spacial score (nSPS) is 20.4. The lowest BCUT2D eigenvalue weighted by atomic mass is 9.87. The second-order valence-corrected chi connectivity index (χ2v) is 7.06. The van der Waals surface area contributed by atoms with Crippen molar-refractivity contribution in [3.8, 4) is 5.69 Å². The van der Waals surface area contributed by atoms with Crippen LogP contribution in [0, 0.1) is 19.8 Å². The fourth-order valence-corrected chi connectivity index (χ4v) is 3.68. The van der Waals surface area contributed by atoms with Crippen molar-refractivity contribution >= 4 is 5.91 Å². The van der Waals surface area contributed by atoms with Crippen LogP contribution >= 0.6 is 0 Å². The summed E-state index contributed by atoms with van der Waals surface area (Å²) in [5.74, 6) is 0.417. The molecule has 1 saturated carbocycles. The van der Waals surface area contributed by atoms with Crippen LogP contribution in [0.15, 0.2) is 30.3 Å². The number of hydrogen-bond acceptors (Lipinski definition) is 3. The summed E-state index contributed by atoms with van der Waals surface area (Å²) in [6, 6.07) is 9.97. The second kappa shape index (κ2) is 7.83. The van der Waals surface area contributed by atoms with Crippen LogP contribution in [-0.2, 0) is 11.2 Å². The Balaban J connectivity index is 1.62. The number of carbonyl (C=O) groups excluding carboxylic acids is 1. The molecule has 5 heteroatoms. The summed E-state index contributed by atoms with van der Waals surface area (Å²) in [5, 5.41) is 17.4. The number of aryl methyl sites for hydroxylation is 1. The van der Waals surface area contributed by atoms with Gasteiger partial charge in [-0.15, -0.1) is 0 Å². The molecule has 1 aromatic heterocycles. The summed E-state index contributed by atoms with van der Waals surface area (Å²) >= 11 is 0. The third-order valence-corrected chi connectivity index (χ3v) is 5.12. The summed E-state index contributed by atoms with van der Waals surface area (Å²) in [4.78, 5) is 12.4. The smallest absolute Gasteiger partial charge is 0.224 e. The number of para-hydroxylation sites is 1. The Bertz CT molecular complexity index is 724. The van der Waals surface area contributed by atoms with Gasteiger partial charge in [0.15, 0.2) is 0 Å². The number of aliphatic hydroxyl groups is 1. The molecule has 0 aliphatic heterocycles. The van der Waals surface area contributed by atoms with E-state index in [4.69, 9.17) is 0 Å². The number of rotatable bonds is 5. The van der Waals surface area contributed by atoms with Crippen LogP contribution in [0.3, 0.4) is 0 Å². The quantitative estimate of drug-likeness (QED) is 0.879. The third kappa shape index (κ3) is 4.28. The molecule has 0 bridgehead atoms. The van der Waals surface area contributed by atoms with Gasteiger partial charge in [0.25, 0.3) is 0 Å². The van der Waals surface area contributed by atoms with E-state index in [-0.39, 0.29) is 12.0 Å². The maximum absolute atomic E-state index is 12.4. The molecular weight excluding hydrogens is 314 g/mol. The van der Waals surface area contributed by atoms with Crippen molar-refractivity contribution in [2.75, 3.05) is 6.54 Å². The zero-order valence-corrected chi connectivity index (χ0v) is 15.0. The molecule has 0 radical (unpaired) electrons. The number of nitrogens with zero attached hydrogens (tertiary/aromatic N) is 2. The van der Waals surface area contributed by atoms with E-state index in [0.29, 0.717) is 18.9 Å². The molecule has 2 aromatic rings. The average Bonchev–Trinajstić information content (AvgIpc) is 2.89. The van der Waals surface area contributed by atoms with Crippen LogP contribution in [0.4, 0.5) is 0 Å². The van der Waals surface area contributed by atoms with E-state index in [2.05, 4.69) is 10.4 Å². The summed E-state index contributed by atoms with van der Waals surface area (Å²) in [5.41, 5.74) is 3.90. The van der Waals surface area contributed by atoms with Gasteiger partial charge in [-0.25, -0.2) is 4.68 Å². The topological polar surface area (TPSA) is 67.2 Å². The van der Waals surface area contributed by atoms with E-state index >= 15 is 0 Å². The molecule has 2 unspecified atom stereocenters. The van der Waals surface area contributed by atoms with Crippen LogP contribution < -0.4 is 5.32 Å². The molecular formula is C20H27N3O2. The standard InChI is InChI=1S/C20H27N3O2/c1-14-19(15(2)23(22-14)17-8-4-3-5-9-17)12-20(25)21-13-16-7-6-10-18(24)11-16/h3-5,8-9,16,18,24H,6-7,10-13H2,1-2H3,(H,21,25). The molecule has 1 amide bonds. The minimum absolute atomic E-state index is 0.0267. The van der Waals surface area contributed by atoms with Crippen molar-refractivity contribution in [2.45, 2.75) is 52.1 Å². The number of carbonyl (C=O) groups is 1. The maximum atomic E-state index is 12.4. The Labute approximate surface area is 149 Å². The summed E-state index contributed by atoms with van der Waals surface area (Å²) in [7, 11) is 0. The van der Waals surface area contributed by atoms with Crippen LogP contribution in [0.25, 0.3) is 5.69 Å². The molecule has 2 N–H and O–H groups in total. The summed E-state index contributed by atoms with van der Waals surface area (Å²) < 4.78 is 1.90. The Morgan fingerprint density at radius 2 is 2.04 bits per heavy atom. The van der Waals surface area contributed by atoms with Crippen LogP contribution in [0.2, 0.25) is 0 Å². The van der Waals surface area contributed by atoms with E-state index < -0.39 is 0 Å². The summed E-state index contributed by atoms with van der Waals surface area (Å²) in [6.45, 7) is 4.61. The van der Waals surface area contributed by atoms with Gasteiger partial charge in [0.1, 0.15) is 0 Å². The van der Waals surface area contributed by atoms with Gasteiger partial charge >= 0.3 is 0 Å². The number of hydrogen-bond donors (Lipinski definition) is 2. The van der Waals surface area contributed by atoms with Gasteiger partial charge in [-0.2, -0.15) is 5.10 Å². The molecule has 0 saturated heterocycles. The van der Waals surface area contributed by atoms with Gasteiger partial charge in [-0.3, -0.25) is 4.79 Å². The van der Waals surface area contributed by atoms with Gasteiger partial charge in [0, 0.05) is 17.8 Å². The lowest BCUT2D eigenvalue weighted by Gasteiger charge is -2.25. The van der Waals surface area contributed by atoms with E-state index in [1.54, 1.807) is 0 Å². The molecule has 25 heavy (non-hydrogen) atoms. The lowest BCUT2D eigenvalue weighted by molar-refractivity contribution is -0.120. The van der Waals surface area contributed by atoms with Gasteiger partial charge in [0.2, 0.25) is 5.91 Å². The van der Waals surface area contributed by atoms with Crippen molar-refractivity contribution in [3.05, 3.63) is 47.3 Å². The first-order valence-corrected chi connectivity index (χ1v) is 9.10. The first-order chi connectivity index (χ1) is 12.0. The van der Waals surface area contributed by atoms with Gasteiger partial charge in [-0.1, -0.05) is 24.6 Å². The molecule has 0 spiro atoms. The fraction of sp³-hybridized carbons (Fsp3) is 0.500.